The highest BCUT2D eigenvalue weighted by Crippen LogP contribution is 2.51. The Morgan fingerprint density at radius 2 is 1.97 bits per heavy atom. The van der Waals surface area contributed by atoms with E-state index in [4.69, 9.17) is 22.3 Å². The van der Waals surface area contributed by atoms with E-state index in [-0.39, 0.29) is 5.41 Å². The van der Waals surface area contributed by atoms with Crippen molar-refractivity contribution in [2.75, 3.05) is 35.2 Å². The zero-order valence-electron chi connectivity index (χ0n) is 18.5. The summed E-state index contributed by atoms with van der Waals surface area (Å²) in [6.45, 7) is 5.45. The third kappa shape index (κ3) is 3.06. The highest BCUT2D eigenvalue weighted by Gasteiger charge is 2.47. The van der Waals surface area contributed by atoms with Crippen molar-refractivity contribution in [1.29, 1.82) is 0 Å². The highest BCUT2D eigenvalue weighted by atomic mass is 35.5. The van der Waals surface area contributed by atoms with Crippen LogP contribution in [0.2, 0.25) is 5.02 Å². The summed E-state index contributed by atoms with van der Waals surface area (Å²) < 4.78 is 0. The number of aliphatic imine (C=N–C) groups is 1. The number of nitrogen functional groups attached to an aromatic ring is 1. The second kappa shape index (κ2) is 7.53. The van der Waals surface area contributed by atoms with Crippen molar-refractivity contribution in [3.63, 3.8) is 0 Å². The maximum atomic E-state index is 6.31. The van der Waals surface area contributed by atoms with Crippen LogP contribution < -0.4 is 20.9 Å². The molecule has 0 amide bonds. The third-order valence-electron chi connectivity index (χ3n) is 7.93. The van der Waals surface area contributed by atoms with Crippen molar-refractivity contribution >= 4 is 35.0 Å². The summed E-state index contributed by atoms with van der Waals surface area (Å²) in [7, 11) is 0. The van der Waals surface area contributed by atoms with Gasteiger partial charge in [0.05, 0.1) is 12.4 Å². The number of hydrogen-bond donors (Lipinski definition) is 2. The Morgan fingerprint density at radius 3 is 2.78 bits per heavy atom. The molecule has 1 spiro atoms. The van der Waals surface area contributed by atoms with Crippen LogP contribution in [0.3, 0.4) is 0 Å². The molecule has 2 atom stereocenters. The van der Waals surface area contributed by atoms with Crippen molar-refractivity contribution in [2.24, 2.45) is 10.9 Å². The normalized spacial score (nSPS) is 26.1. The van der Waals surface area contributed by atoms with Gasteiger partial charge in [-0.2, -0.15) is 0 Å². The van der Waals surface area contributed by atoms with Crippen LogP contribution in [0.25, 0.3) is 0 Å². The highest BCUT2D eigenvalue weighted by molar-refractivity contribution is 6.30. The summed E-state index contributed by atoms with van der Waals surface area (Å²) in [5.74, 6) is 1.66. The van der Waals surface area contributed by atoms with E-state index in [1.54, 1.807) is 0 Å². The molecule has 4 aliphatic rings. The van der Waals surface area contributed by atoms with E-state index in [1.807, 2.05) is 30.6 Å². The summed E-state index contributed by atoms with van der Waals surface area (Å²) in [4.78, 5) is 9.92. The van der Waals surface area contributed by atoms with Crippen LogP contribution in [-0.2, 0) is 5.41 Å². The van der Waals surface area contributed by atoms with E-state index >= 15 is 0 Å². The summed E-state index contributed by atoms with van der Waals surface area (Å²) in [5, 5.41) is 4.30. The van der Waals surface area contributed by atoms with Crippen LogP contribution in [0.1, 0.15) is 38.2 Å². The number of halogens is 1. The average molecular weight is 448 g/mol. The average Bonchev–Trinajstić information content (AvgIpc) is 3.33. The van der Waals surface area contributed by atoms with Crippen LogP contribution >= 0.6 is 11.6 Å². The molecule has 1 saturated carbocycles. The number of fused-ring (bicyclic) bond motifs is 3. The van der Waals surface area contributed by atoms with E-state index < -0.39 is 0 Å². The van der Waals surface area contributed by atoms with Gasteiger partial charge in [-0.05, 0) is 92.2 Å². The van der Waals surface area contributed by atoms with Gasteiger partial charge in [0.25, 0.3) is 0 Å². The molecule has 5 nitrogen and oxygen atoms in total. The SMILES string of the molecule is CC1CC[C@@H]2C1=C(N1CC3(CCNCC3)c3cc(N)ccc31)N=CN2c1cccc(Cl)c1. The van der Waals surface area contributed by atoms with Gasteiger partial charge in [0.15, 0.2) is 0 Å². The van der Waals surface area contributed by atoms with Gasteiger partial charge < -0.3 is 20.9 Å². The Hall–Kier alpha value is -2.50. The molecule has 0 radical (unpaired) electrons. The third-order valence-corrected chi connectivity index (χ3v) is 8.16. The topological polar surface area (TPSA) is 56.9 Å². The predicted molar refractivity (Wildman–Crippen MR) is 134 cm³/mol. The maximum Gasteiger partial charge on any atom is 0.136 e. The summed E-state index contributed by atoms with van der Waals surface area (Å²) in [6, 6.07) is 14.9. The monoisotopic (exact) mass is 447 g/mol. The Morgan fingerprint density at radius 1 is 1.12 bits per heavy atom. The molecule has 2 fully saturated rings. The molecule has 1 unspecified atom stereocenters. The molecule has 3 heterocycles. The first-order valence-electron chi connectivity index (χ1n) is 11.8. The molecule has 0 aromatic heterocycles. The molecule has 166 valence electrons. The summed E-state index contributed by atoms with van der Waals surface area (Å²) in [5.41, 5.74) is 12.5. The minimum absolute atomic E-state index is 0.153. The lowest BCUT2D eigenvalue weighted by molar-refractivity contribution is 0.327. The summed E-state index contributed by atoms with van der Waals surface area (Å²) >= 11 is 6.31. The molecule has 6 heteroatoms. The Labute approximate surface area is 194 Å². The zero-order chi connectivity index (χ0) is 21.9. The van der Waals surface area contributed by atoms with Gasteiger partial charge in [-0.1, -0.05) is 24.6 Å². The van der Waals surface area contributed by atoms with Gasteiger partial charge in [0, 0.05) is 34.0 Å². The fraction of sp³-hybridized carbons (Fsp3) is 0.423. The number of rotatable bonds is 2. The molecule has 3 N–H and O–H groups in total. The van der Waals surface area contributed by atoms with Crippen molar-refractivity contribution < 1.29 is 0 Å². The quantitative estimate of drug-likeness (QED) is 0.641. The lowest BCUT2D eigenvalue weighted by atomic mass is 9.74. The lowest BCUT2D eigenvalue weighted by Crippen LogP contribution is -2.44. The number of nitrogens with zero attached hydrogens (tertiary/aromatic N) is 3. The molecule has 1 saturated heterocycles. The molecule has 2 aromatic rings. The van der Waals surface area contributed by atoms with Gasteiger partial charge >= 0.3 is 0 Å². The molecule has 6 rings (SSSR count). The van der Waals surface area contributed by atoms with E-state index in [0.717, 1.165) is 61.1 Å². The van der Waals surface area contributed by atoms with Gasteiger partial charge in [-0.25, -0.2) is 4.99 Å². The zero-order valence-corrected chi connectivity index (χ0v) is 19.3. The number of piperidine rings is 1. The number of anilines is 3. The molecule has 2 aromatic carbocycles. The smallest absolute Gasteiger partial charge is 0.136 e. The van der Waals surface area contributed by atoms with Crippen LogP contribution in [0.15, 0.2) is 58.9 Å². The Bertz CT molecular complexity index is 1120. The van der Waals surface area contributed by atoms with Crippen molar-refractivity contribution in [1.82, 2.24) is 5.32 Å². The van der Waals surface area contributed by atoms with Crippen molar-refractivity contribution in [3.05, 3.63) is 64.4 Å². The largest absolute Gasteiger partial charge is 0.399 e. The second-order valence-corrected chi connectivity index (χ2v) is 10.2. The fourth-order valence-corrected chi connectivity index (χ4v) is 6.48. The van der Waals surface area contributed by atoms with E-state index in [1.165, 1.54) is 23.2 Å². The molecule has 0 bridgehead atoms. The second-order valence-electron chi connectivity index (χ2n) is 9.80. The molecule has 3 aliphatic heterocycles. The van der Waals surface area contributed by atoms with Gasteiger partial charge in [-0.15, -0.1) is 0 Å². The van der Waals surface area contributed by atoms with Gasteiger partial charge in [0.2, 0.25) is 0 Å². The minimum atomic E-state index is 0.153. The first-order chi connectivity index (χ1) is 15.6. The van der Waals surface area contributed by atoms with Crippen LogP contribution in [0.4, 0.5) is 17.1 Å². The lowest BCUT2D eigenvalue weighted by Gasteiger charge is -2.37. The number of nitrogens with one attached hydrogen (secondary N) is 1. The molecule has 32 heavy (non-hydrogen) atoms. The van der Waals surface area contributed by atoms with Crippen LogP contribution in [0, 0.1) is 5.92 Å². The minimum Gasteiger partial charge on any atom is -0.399 e. The number of nitrogens with two attached hydrogens (primary N) is 1. The van der Waals surface area contributed by atoms with Crippen molar-refractivity contribution in [3.8, 4) is 0 Å². The number of hydrogen-bond acceptors (Lipinski definition) is 5. The van der Waals surface area contributed by atoms with Crippen LogP contribution in [0.5, 0.6) is 0 Å². The van der Waals surface area contributed by atoms with E-state index in [2.05, 4.69) is 40.2 Å². The van der Waals surface area contributed by atoms with Gasteiger partial charge in [0.1, 0.15) is 5.82 Å². The molecular formula is C26H30ClN5. The standard InChI is InChI=1S/C26H30ClN5/c1-17-5-7-23-24(17)25(30-16-32(23)20-4-2-3-18(27)13-20)31-15-26(9-11-29-12-10-26)21-14-19(28)6-8-22(21)31/h2-4,6,8,13-14,16-17,23,29H,5,7,9-12,15,28H2,1H3/t17?,23-/m1/s1. The van der Waals surface area contributed by atoms with E-state index in [0.29, 0.717) is 12.0 Å². The first-order valence-corrected chi connectivity index (χ1v) is 12.1. The summed E-state index contributed by atoms with van der Waals surface area (Å²) in [6.07, 6.45) is 6.62. The van der Waals surface area contributed by atoms with E-state index in [9.17, 15) is 0 Å². The van der Waals surface area contributed by atoms with Crippen LogP contribution in [-0.4, -0.2) is 32.0 Å². The molecular weight excluding hydrogens is 418 g/mol. The van der Waals surface area contributed by atoms with Gasteiger partial charge in [-0.3, -0.25) is 0 Å². The maximum absolute atomic E-state index is 6.31. The Balaban J connectivity index is 1.44. The molecule has 1 aliphatic carbocycles. The number of benzene rings is 2. The predicted octanol–water partition coefficient (Wildman–Crippen LogP) is 4.92. The fourth-order valence-electron chi connectivity index (χ4n) is 6.29. The van der Waals surface area contributed by atoms with Crippen molar-refractivity contribution in [2.45, 2.75) is 44.1 Å². The first kappa shape index (κ1) is 20.1. The Kier molecular flexibility index (Phi) is 4.74.